The zero-order chi connectivity index (χ0) is 14.3. The molecule has 3 N–H and O–H groups in total. The number of nitrogens with zero attached hydrogens (tertiary/aromatic N) is 1. The number of hydrogen-bond acceptors (Lipinski definition) is 4. The molecule has 0 saturated carbocycles. The SMILES string of the molecule is CCCNc1nc(NC(CC)CCO)c(Cl)cc1Cl. The second-order valence-corrected chi connectivity index (χ2v) is 5.15. The highest BCUT2D eigenvalue weighted by molar-refractivity contribution is 6.37. The van der Waals surface area contributed by atoms with Crippen LogP contribution in [0.4, 0.5) is 11.6 Å². The molecular formula is C13H21Cl2N3O. The first-order valence-electron chi connectivity index (χ1n) is 6.59. The van der Waals surface area contributed by atoms with Crippen LogP contribution in [0.25, 0.3) is 0 Å². The molecule has 19 heavy (non-hydrogen) atoms. The number of aliphatic hydroxyl groups is 1. The Morgan fingerprint density at radius 3 is 2.53 bits per heavy atom. The van der Waals surface area contributed by atoms with Crippen molar-refractivity contribution in [3.63, 3.8) is 0 Å². The summed E-state index contributed by atoms with van der Waals surface area (Å²) in [7, 11) is 0. The largest absolute Gasteiger partial charge is 0.396 e. The van der Waals surface area contributed by atoms with Gasteiger partial charge in [0.2, 0.25) is 0 Å². The van der Waals surface area contributed by atoms with E-state index < -0.39 is 0 Å². The van der Waals surface area contributed by atoms with Crippen molar-refractivity contribution in [2.75, 3.05) is 23.8 Å². The highest BCUT2D eigenvalue weighted by Gasteiger charge is 2.12. The number of aromatic nitrogens is 1. The minimum absolute atomic E-state index is 0.137. The van der Waals surface area contributed by atoms with Crippen LogP contribution in [-0.2, 0) is 0 Å². The maximum Gasteiger partial charge on any atom is 0.147 e. The average Bonchev–Trinajstić information content (AvgIpc) is 2.39. The topological polar surface area (TPSA) is 57.2 Å². The Morgan fingerprint density at radius 1 is 1.26 bits per heavy atom. The number of pyridine rings is 1. The van der Waals surface area contributed by atoms with Crippen LogP contribution >= 0.6 is 23.2 Å². The van der Waals surface area contributed by atoms with Crippen molar-refractivity contribution in [1.82, 2.24) is 4.98 Å². The van der Waals surface area contributed by atoms with Crippen LogP contribution in [0.5, 0.6) is 0 Å². The lowest BCUT2D eigenvalue weighted by atomic mass is 10.1. The summed E-state index contributed by atoms with van der Waals surface area (Å²) < 4.78 is 0. The third-order valence-electron chi connectivity index (χ3n) is 2.78. The molecule has 0 aliphatic carbocycles. The first kappa shape index (κ1) is 16.3. The van der Waals surface area contributed by atoms with Crippen molar-refractivity contribution in [2.45, 2.75) is 39.2 Å². The van der Waals surface area contributed by atoms with Gasteiger partial charge >= 0.3 is 0 Å². The van der Waals surface area contributed by atoms with Crippen molar-refractivity contribution < 1.29 is 5.11 Å². The maximum atomic E-state index is 9.00. The van der Waals surface area contributed by atoms with Gasteiger partial charge in [0.05, 0.1) is 10.0 Å². The van der Waals surface area contributed by atoms with Gasteiger partial charge in [0.25, 0.3) is 0 Å². The van der Waals surface area contributed by atoms with Crippen molar-refractivity contribution in [1.29, 1.82) is 0 Å². The molecule has 0 radical (unpaired) electrons. The number of nitrogens with one attached hydrogen (secondary N) is 2. The smallest absolute Gasteiger partial charge is 0.147 e. The fraction of sp³-hybridized carbons (Fsp3) is 0.615. The molecule has 4 nitrogen and oxygen atoms in total. The van der Waals surface area contributed by atoms with Gasteiger partial charge in [0.15, 0.2) is 0 Å². The lowest BCUT2D eigenvalue weighted by Gasteiger charge is -2.18. The summed E-state index contributed by atoms with van der Waals surface area (Å²) in [5.74, 6) is 1.24. The Kier molecular flexibility index (Phi) is 7.28. The molecule has 1 aromatic rings. The van der Waals surface area contributed by atoms with Gasteiger partial charge in [-0.05, 0) is 25.3 Å². The van der Waals surface area contributed by atoms with Gasteiger partial charge in [-0.3, -0.25) is 0 Å². The maximum absolute atomic E-state index is 9.00. The highest BCUT2D eigenvalue weighted by Crippen LogP contribution is 2.30. The van der Waals surface area contributed by atoms with Gasteiger partial charge in [-0.25, -0.2) is 4.98 Å². The van der Waals surface area contributed by atoms with Gasteiger partial charge in [-0.1, -0.05) is 37.0 Å². The molecule has 108 valence electrons. The van der Waals surface area contributed by atoms with Crippen LogP contribution in [0.15, 0.2) is 6.07 Å². The third kappa shape index (κ3) is 5.05. The van der Waals surface area contributed by atoms with Gasteiger partial charge in [-0.15, -0.1) is 0 Å². The van der Waals surface area contributed by atoms with Gasteiger partial charge in [0, 0.05) is 19.2 Å². The number of anilines is 2. The van der Waals surface area contributed by atoms with Crippen molar-refractivity contribution in [3.05, 3.63) is 16.1 Å². The van der Waals surface area contributed by atoms with E-state index in [4.69, 9.17) is 28.3 Å². The molecule has 0 spiro atoms. The molecule has 0 bridgehead atoms. The Hall–Kier alpha value is -0.710. The molecule has 6 heteroatoms. The van der Waals surface area contributed by atoms with Crippen LogP contribution in [0.2, 0.25) is 10.0 Å². The quantitative estimate of drug-likeness (QED) is 0.684. The normalized spacial score (nSPS) is 12.3. The fourth-order valence-corrected chi connectivity index (χ4v) is 2.14. The van der Waals surface area contributed by atoms with E-state index in [2.05, 4.69) is 22.5 Å². The predicted octanol–water partition coefficient (Wildman–Crippen LogP) is 3.78. The van der Waals surface area contributed by atoms with Gasteiger partial charge in [0.1, 0.15) is 11.6 Å². The first-order chi connectivity index (χ1) is 9.12. The lowest BCUT2D eigenvalue weighted by Crippen LogP contribution is -2.21. The van der Waals surface area contributed by atoms with E-state index in [1.165, 1.54) is 0 Å². The molecule has 0 aliphatic heterocycles. The zero-order valence-electron chi connectivity index (χ0n) is 11.3. The van der Waals surface area contributed by atoms with E-state index in [0.717, 1.165) is 19.4 Å². The standard InChI is InChI=1S/C13H21Cl2N3O/c1-3-6-16-12-10(14)8-11(15)13(18-12)17-9(4-2)5-7-19/h8-9,19H,3-7H2,1-2H3,(H2,16,17,18). The van der Waals surface area contributed by atoms with Crippen LogP contribution in [0.3, 0.4) is 0 Å². The second-order valence-electron chi connectivity index (χ2n) is 4.34. The van der Waals surface area contributed by atoms with E-state index in [9.17, 15) is 0 Å². The summed E-state index contributed by atoms with van der Waals surface area (Å²) in [4.78, 5) is 4.41. The van der Waals surface area contributed by atoms with Crippen molar-refractivity contribution in [3.8, 4) is 0 Å². The fourth-order valence-electron chi connectivity index (χ4n) is 1.66. The number of hydrogen-bond donors (Lipinski definition) is 3. The molecule has 1 atom stereocenters. The third-order valence-corrected chi connectivity index (χ3v) is 3.36. The van der Waals surface area contributed by atoms with Crippen molar-refractivity contribution in [2.24, 2.45) is 0 Å². The Morgan fingerprint density at radius 2 is 1.95 bits per heavy atom. The zero-order valence-corrected chi connectivity index (χ0v) is 12.9. The predicted molar refractivity (Wildman–Crippen MR) is 82.4 cm³/mol. The van der Waals surface area contributed by atoms with Crippen LogP contribution in [0.1, 0.15) is 33.1 Å². The number of halogens is 2. The van der Waals surface area contributed by atoms with Crippen LogP contribution < -0.4 is 10.6 Å². The van der Waals surface area contributed by atoms with E-state index in [1.807, 2.05) is 6.92 Å². The second kappa shape index (κ2) is 8.46. The van der Waals surface area contributed by atoms with E-state index >= 15 is 0 Å². The highest BCUT2D eigenvalue weighted by atomic mass is 35.5. The summed E-state index contributed by atoms with van der Waals surface area (Å²) in [6.07, 6.45) is 2.54. The van der Waals surface area contributed by atoms with E-state index in [1.54, 1.807) is 6.07 Å². The molecule has 0 amide bonds. The summed E-state index contributed by atoms with van der Waals surface area (Å²) >= 11 is 12.2. The molecule has 1 unspecified atom stereocenters. The monoisotopic (exact) mass is 305 g/mol. The summed E-state index contributed by atoms with van der Waals surface area (Å²) in [6, 6.07) is 1.83. The Balaban J connectivity index is 2.86. The average molecular weight is 306 g/mol. The molecule has 1 heterocycles. The Bertz CT molecular complexity index is 402. The molecule has 1 rings (SSSR count). The number of rotatable bonds is 8. The van der Waals surface area contributed by atoms with E-state index in [-0.39, 0.29) is 12.6 Å². The molecular weight excluding hydrogens is 285 g/mol. The Labute approximate surface area is 124 Å². The molecule has 0 aliphatic rings. The lowest BCUT2D eigenvalue weighted by molar-refractivity contribution is 0.278. The number of aliphatic hydroxyl groups excluding tert-OH is 1. The van der Waals surface area contributed by atoms with Gasteiger partial charge in [-0.2, -0.15) is 0 Å². The van der Waals surface area contributed by atoms with Crippen LogP contribution in [-0.4, -0.2) is 29.3 Å². The van der Waals surface area contributed by atoms with Gasteiger partial charge < -0.3 is 15.7 Å². The van der Waals surface area contributed by atoms with E-state index in [0.29, 0.717) is 28.1 Å². The minimum Gasteiger partial charge on any atom is -0.396 e. The first-order valence-corrected chi connectivity index (χ1v) is 7.35. The molecule has 0 saturated heterocycles. The summed E-state index contributed by atoms with van der Waals surface area (Å²) in [6.45, 7) is 5.07. The summed E-state index contributed by atoms with van der Waals surface area (Å²) in [5, 5.41) is 16.4. The van der Waals surface area contributed by atoms with Crippen molar-refractivity contribution >= 4 is 34.8 Å². The molecule has 1 aromatic heterocycles. The summed E-state index contributed by atoms with van der Waals surface area (Å²) in [5.41, 5.74) is 0. The molecule has 0 fully saturated rings. The molecule has 0 aromatic carbocycles. The minimum atomic E-state index is 0.137. The van der Waals surface area contributed by atoms with Crippen LogP contribution in [0, 0.1) is 0 Å².